The fourth-order valence-electron chi connectivity index (χ4n) is 3.33. The number of benzene rings is 1. The van der Waals surface area contributed by atoms with E-state index in [1.165, 1.54) is 19.1 Å². The van der Waals surface area contributed by atoms with Crippen molar-refractivity contribution in [2.24, 2.45) is 5.92 Å². The Morgan fingerprint density at radius 1 is 1.29 bits per heavy atom. The van der Waals surface area contributed by atoms with Crippen LogP contribution in [0.1, 0.15) is 38.1 Å². The first kappa shape index (κ1) is 16.4. The van der Waals surface area contributed by atoms with Crippen LogP contribution in [0.5, 0.6) is 0 Å². The number of anilines is 2. The van der Waals surface area contributed by atoms with Gasteiger partial charge in [-0.25, -0.2) is 14.4 Å². The molecule has 0 fully saturated rings. The van der Waals surface area contributed by atoms with Gasteiger partial charge in [-0.15, -0.1) is 0 Å². The number of aromatic nitrogens is 2. The van der Waals surface area contributed by atoms with Gasteiger partial charge in [0.15, 0.2) is 0 Å². The molecule has 0 saturated carbocycles. The molecule has 1 amide bonds. The maximum atomic E-state index is 13.9. The molecule has 0 saturated heterocycles. The Bertz CT molecular complexity index is 779. The Labute approximate surface area is 140 Å². The van der Waals surface area contributed by atoms with Gasteiger partial charge in [0.1, 0.15) is 5.82 Å². The third kappa shape index (κ3) is 2.84. The Kier molecular flexibility index (Phi) is 4.22. The van der Waals surface area contributed by atoms with Crippen LogP contribution in [0.25, 0.3) is 0 Å². The van der Waals surface area contributed by atoms with Crippen molar-refractivity contribution in [1.82, 2.24) is 9.97 Å². The Morgan fingerprint density at radius 2 is 2.04 bits per heavy atom. The minimum atomic E-state index is -0.323. The molecular formula is C18H21FN4O. The lowest BCUT2D eigenvalue weighted by Crippen LogP contribution is -2.48. The molecule has 0 radical (unpaired) electrons. The molecule has 1 aromatic heterocycles. The van der Waals surface area contributed by atoms with E-state index in [0.717, 1.165) is 16.9 Å². The van der Waals surface area contributed by atoms with E-state index in [-0.39, 0.29) is 29.7 Å². The van der Waals surface area contributed by atoms with Crippen LogP contribution >= 0.6 is 0 Å². The summed E-state index contributed by atoms with van der Waals surface area (Å²) in [7, 11) is 0. The van der Waals surface area contributed by atoms with Crippen molar-refractivity contribution < 1.29 is 9.18 Å². The fourth-order valence-corrected chi connectivity index (χ4v) is 3.33. The highest BCUT2D eigenvalue weighted by molar-refractivity contribution is 5.93. The monoisotopic (exact) mass is 328 g/mol. The zero-order valence-electron chi connectivity index (χ0n) is 14.2. The van der Waals surface area contributed by atoms with Crippen LogP contribution in [-0.4, -0.2) is 21.9 Å². The number of nitrogens with zero attached hydrogens (tertiary/aromatic N) is 3. The highest BCUT2D eigenvalue weighted by Crippen LogP contribution is 2.42. The van der Waals surface area contributed by atoms with Crippen molar-refractivity contribution in [1.29, 1.82) is 0 Å². The van der Waals surface area contributed by atoms with Crippen molar-refractivity contribution in [3.63, 3.8) is 0 Å². The molecular weight excluding hydrogens is 307 g/mol. The SMILES string of the molecule is CC(=O)N1c2ccc(F)cc2C(Nc2nccc(C)n2)[C@@H](C)[C@@H]1C. The van der Waals surface area contributed by atoms with E-state index in [0.29, 0.717) is 5.95 Å². The summed E-state index contributed by atoms with van der Waals surface area (Å²) in [6.45, 7) is 7.48. The second-order valence-corrected chi connectivity index (χ2v) is 6.34. The first-order chi connectivity index (χ1) is 11.4. The van der Waals surface area contributed by atoms with E-state index < -0.39 is 0 Å². The van der Waals surface area contributed by atoms with E-state index in [1.54, 1.807) is 17.2 Å². The van der Waals surface area contributed by atoms with Gasteiger partial charge >= 0.3 is 0 Å². The van der Waals surface area contributed by atoms with Gasteiger partial charge < -0.3 is 10.2 Å². The molecule has 1 aliphatic heterocycles. The van der Waals surface area contributed by atoms with Crippen LogP contribution < -0.4 is 10.2 Å². The van der Waals surface area contributed by atoms with Crippen LogP contribution in [0, 0.1) is 18.7 Å². The predicted octanol–water partition coefficient (Wildman–Crippen LogP) is 3.47. The second-order valence-electron chi connectivity index (χ2n) is 6.34. The number of carbonyl (C=O) groups excluding carboxylic acids is 1. The first-order valence-electron chi connectivity index (χ1n) is 8.04. The zero-order valence-corrected chi connectivity index (χ0v) is 14.2. The van der Waals surface area contributed by atoms with Crippen LogP contribution in [0.15, 0.2) is 30.5 Å². The number of hydrogen-bond donors (Lipinski definition) is 1. The summed E-state index contributed by atoms with van der Waals surface area (Å²) < 4.78 is 13.9. The van der Waals surface area contributed by atoms with Gasteiger partial charge in [-0.1, -0.05) is 6.92 Å². The molecule has 1 unspecified atom stereocenters. The molecule has 126 valence electrons. The molecule has 1 N–H and O–H groups in total. The van der Waals surface area contributed by atoms with Gasteiger partial charge in [-0.3, -0.25) is 4.79 Å². The fraction of sp³-hybridized carbons (Fsp3) is 0.389. The zero-order chi connectivity index (χ0) is 17.4. The summed E-state index contributed by atoms with van der Waals surface area (Å²) >= 11 is 0. The van der Waals surface area contributed by atoms with Crippen LogP contribution in [0.3, 0.4) is 0 Å². The summed E-state index contributed by atoms with van der Waals surface area (Å²) in [5, 5.41) is 3.32. The Balaban J connectivity index is 2.07. The molecule has 2 aromatic rings. The predicted molar refractivity (Wildman–Crippen MR) is 91.3 cm³/mol. The highest BCUT2D eigenvalue weighted by Gasteiger charge is 2.38. The van der Waals surface area contributed by atoms with Crippen LogP contribution in [0.4, 0.5) is 16.0 Å². The first-order valence-corrected chi connectivity index (χ1v) is 8.04. The average Bonchev–Trinajstić information content (AvgIpc) is 2.52. The lowest BCUT2D eigenvalue weighted by atomic mass is 9.83. The van der Waals surface area contributed by atoms with E-state index in [1.807, 2.05) is 26.8 Å². The topological polar surface area (TPSA) is 58.1 Å². The number of amides is 1. The minimum absolute atomic E-state index is 0.0252. The molecule has 3 atom stereocenters. The Hall–Kier alpha value is -2.50. The van der Waals surface area contributed by atoms with Crippen molar-refractivity contribution in [3.8, 4) is 0 Å². The average molecular weight is 328 g/mol. The Morgan fingerprint density at radius 3 is 2.71 bits per heavy atom. The third-order valence-electron chi connectivity index (χ3n) is 4.70. The molecule has 6 heteroatoms. The summed E-state index contributed by atoms with van der Waals surface area (Å²) in [4.78, 5) is 22.5. The lowest BCUT2D eigenvalue weighted by Gasteiger charge is -2.43. The van der Waals surface area contributed by atoms with Gasteiger partial charge in [-0.05, 0) is 38.1 Å². The number of nitrogens with one attached hydrogen (secondary N) is 1. The summed E-state index contributed by atoms with van der Waals surface area (Å²) in [5.74, 6) is 0.196. The molecule has 0 spiro atoms. The summed E-state index contributed by atoms with van der Waals surface area (Å²) in [6.07, 6.45) is 1.69. The molecule has 0 bridgehead atoms. The smallest absolute Gasteiger partial charge is 0.224 e. The van der Waals surface area contributed by atoms with Gasteiger partial charge in [0.25, 0.3) is 0 Å². The molecule has 3 rings (SSSR count). The second kappa shape index (κ2) is 6.19. The highest BCUT2D eigenvalue weighted by atomic mass is 19.1. The normalized spacial score (nSPS) is 22.9. The molecule has 1 aromatic carbocycles. The van der Waals surface area contributed by atoms with Gasteiger partial charge in [-0.2, -0.15) is 0 Å². The van der Waals surface area contributed by atoms with Crippen molar-refractivity contribution >= 4 is 17.5 Å². The van der Waals surface area contributed by atoms with Crippen molar-refractivity contribution in [2.75, 3.05) is 10.2 Å². The van der Waals surface area contributed by atoms with E-state index in [2.05, 4.69) is 15.3 Å². The van der Waals surface area contributed by atoms with E-state index in [9.17, 15) is 9.18 Å². The van der Waals surface area contributed by atoms with Gasteiger partial charge in [0.05, 0.1) is 6.04 Å². The maximum absolute atomic E-state index is 13.9. The summed E-state index contributed by atoms with van der Waals surface area (Å²) in [5.41, 5.74) is 2.34. The van der Waals surface area contributed by atoms with E-state index in [4.69, 9.17) is 0 Å². The van der Waals surface area contributed by atoms with Crippen LogP contribution in [0.2, 0.25) is 0 Å². The molecule has 0 aliphatic carbocycles. The molecule has 2 heterocycles. The van der Waals surface area contributed by atoms with Crippen LogP contribution in [-0.2, 0) is 4.79 Å². The van der Waals surface area contributed by atoms with Crippen molar-refractivity contribution in [2.45, 2.75) is 39.8 Å². The molecule has 5 nitrogen and oxygen atoms in total. The quantitative estimate of drug-likeness (QED) is 0.917. The maximum Gasteiger partial charge on any atom is 0.224 e. The van der Waals surface area contributed by atoms with Gasteiger partial charge in [0.2, 0.25) is 11.9 Å². The van der Waals surface area contributed by atoms with E-state index >= 15 is 0 Å². The largest absolute Gasteiger partial charge is 0.347 e. The number of hydrogen-bond acceptors (Lipinski definition) is 4. The summed E-state index contributed by atoms with van der Waals surface area (Å²) in [6, 6.07) is 6.16. The number of rotatable bonds is 2. The number of halogens is 1. The number of carbonyl (C=O) groups is 1. The third-order valence-corrected chi connectivity index (χ3v) is 4.70. The molecule has 1 aliphatic rings. The molecule has 24 heavy (non-hydrogen) atoms. The minimum Gasteiger partial charge on any atom is -0.347 e. The lowest BCUT2D eigenvalue weighted by molar-refractivity contribution is -0.117. The van der Waals surface area contributed by atoms with Crippen molar-refractivity contribution in [3.05, 3.63) is 47.5 Å². The number of fused-ring (bicyclic) bond motifs is 1. The standard InChI is InChI=1S/C18H21FN4O/c1-10-7-8-20-18(21-10)22-17-11(2)12(3)23(13(4)24)16-6-5-14(19)9-15(16)17/h5-9,11-12,17H,1-4H3,(H,20,21,22)/t11-,12-,17?/m0/s1. The number of aryl methyl sites for hydroxylation is 1. The van der Waals surface area contributed by atoms with Gasteiger partial charge in [0, 0.05) is 42.0 Å².